The molecule has 0 bridgehead atoms. The van der Waals surface area contributed by atoms with Gasteiger partial charge >= 0.3 is 11.8 Å². The molecule has 0 saturated heterocycles. The lowest BCUT2D eigenvalue weighted by Crippen LogP contribution is -2.32. The van der Waals surface area contributed by atoms with Crippen molar-refractivity contribution in [3.63, 3.8) is 0 Å². The van der Waals surface area contributed by atoms with Crippen LogP contribution in [-0.2, 0) is 14.4 Å². The van der Waals surface area contributed by atoms with E-state index in [0.29, 0.717) is 32.7 Å². The van der Waals surface area contributed by atoms with Gasteiger partial charge in [0.1, 0.15) is 5.75 Å². The number of hydrogen-bond donors (Lipinski definition) is 3. The van der Waals surface area contributed by atoms with Gasteiger partial charge in [-0.15, -0.1) is 0 Å². The maximum absolute atomic E-state index is 12.0. The van der Waals surface area contributed by atoms with E-state index in [1.165, 1.54) is 12.3 Å². The molecule has 0 atom stereocenters. The third-order valence-corrected chi connectivity index (χ3v) is 4.48. The van der Waals surface area contributed by atoms with Crippen molar-refractivity contribution in [1.29, 1.82) is 0 Å². The molecule has 8 nitrogen and oxygen atoms in total. The molecule has 3 aromatic carbocycles. The van der Waals surface area contributed by atoms with E-state index in [1.54, 1.807) is 66.7 Å². The van der Waals surface area contributed by atoms with E-state index in [4.69, 9.17) is 27.9 Å². The summed E-state index contributed by atoms with van der Waals surface area (Å²) in [6.07, 6.45) is 1.34. The summed E-state index contributed by atoms with van der Waals surface area (Å²) in [6.45, 7) is -0.215. The minimum absolute atomic E-state index is 0.215. The molecule has 0 unspecified atom stereocenters. The van der Waals surface area contributed by atoms with Gasteiger partial charge in [-0.1, -0.05) is 47.5 Å². The van der Waals surface area contributed by atoms with Crippen molar-refractivity contribution in [2.24, 2.45) is 5.10 Å². The molecule has 0 aromatic heterocycles. The summed E-state index contributed by atoms with van der Waals surface area (Å²) in [7, 11) is 0. The van der Waals surface area contributed by atoms with E-state index < -0.39 is 11.8 Å². The summed E-state index contributed by atoms with van der Waals surface area (Å²) >= 11 is 11.7. The van der Waals surface area contributed by atoms with Crippen LogP contribution in [0.1, 0.15) is 5.56 Å². The Kier molecular flexibility index (Phi) is 8.40. The first-order valence-corrected chi connectivity index (χ1v) is 10.3. The second-order valence-electron chi connectivity index (χ2n) is 6.58. The Morgan fingerprint density at radius 3 is 2.12 bits per heavy atom. The van der Waals surface area contributed by atoms with Crippen molar-refractivity contribution in [1.82, 2.24) is 5.43 Å². The van der Waals surface area contributed by atoms with Gasteiger partial charge in [0.15, 0.2) is 6.61 Å². The van der Waals surface area contributed by atoms with Crippen LogP contribution >= 0.6 is 23.2 Å². The SMILES string of the molecule is O=C(COc1cccc(/C=N\NC(=O)C(=O)Nc2cccc(Cl)c2)c1)Nc1cccc(Cl)c1. The maximum atomic E-state index is 12.0. The second kappa shape index (κ2) is 11.7. The van der Waals surface area contributed by atoms with Crippen LogP contribution in [0.3, 0.4) is 0 Å². The molecule has 3 N–H and O–H groups in total. The van der Waals surface area contributed by atoms with E-state index >= 15 is 0 Å². The van der Waals surface area contributed by atoms with Crippen molar-refractivity contribution in [2.45, 2.75) is 0 Å². The third-order valence-electron chi connectivity index (χ3n) is 4.00. The Morgan fingerprint density at radius 1 is 0.818 bits per heavy atom. The Labute approximate surface area is 199 Å². The Balaban J connectivity index is 1.48. The van der Waals surface area contributed by atoms with Crippen molar-refractivity contribution < 1.29 is 19.1 Å². The molecule has 3 rings (SSSR count). The monoisotopic (exact) mass is 484 g/mol. The first-order chi connectivity index (χ1) is 15.9. The quantitative estimate of drug-likeness (QED) is 0.266. The molecule has 0 aliphatic carbocycles. The van der Waals surface area contributed by atoms with Gasteiger partial charge < -0.3 is 15.4 Å². The molecule has 33 heavy (non-hydrogen) atoms. The van der Waals surface area contributed by atoms with Gasteiger partial charge in [-0.3, -0.25) is 14.4 Å². The standard InChI is InChI=1S/C23H18Cl2N4O4/c24-16-5-2-7-18(11-16)27-21(30)14-33-20-9-1-4-15(10-20)13-26-29-23(32)22(31)28-19-8-3-6-17(25)12-19/h1-13H,14H2,(H,27,30)(H,28,31)(H,29,32)/b26-13-. The predicted octanol–water partition coefficient (Wildman–Crippen LogP) is 4.10. The van der Waals surface area contributed by atoms with Gasteiger partial charge in [0.05, 0.1) is 6.21 Å². The number of nitrogens with one attached hydrogen (secondary N) is 3. The summed E-state index contributed by atoms with van der Waals surface area (Å²) in [5.74, 6) is -1.77. The van der Waals surface area contributed by atoms with Gasteiger partial charge in [-0.05, 0) is 54.1 Å². The predicted molar refractivity (Wildman–Crippen MR) is 128 cm³/mol. The van der Waals surface area contributed by atoms with Gasteiger partial charge in [0, 0.05) is 21.4 Å². The fourth-order valence-electron chi connectivity index (χ4n) is 2.57. The smallest absolute Gasteiger partial charge is 0.329 e. The molecular weight excluding hydrogens is 467 g/mol. The minimum atomic E-state index is -0.948. The zero-order chi connectivity index (χ0) is 23.6. The van der Waals surface area contributed by atoms with E-state index in [0.717, 1.165) is 0 Å². The first-order valence-electron chi connectivity index (χ1n) is 9.57. The van der Waals surface area contributed by atoms with Crippen LogP contribution in [-0.4, -0.2) is 30.5 Å². The van der Waals surface area contributed by atoms with Crippen LogP contribution in [0.5, 0.6) is 5.75 Å². The molecule has 0 fully saturated rings. The van der Waals surface area contributed by atoms with Crippen molar-refractivity contribution in [3.05, 3.63) is 88.4 Å². The van der Waals surface area contributed by atoms with E-state index in [9.17, 15) is 14.4 Å². The lowest BCUT2D eigenvalue weighted by molar-refractivity contribution is -0.136. The Bertz CT molecular complexity index is 1200. The average Bonchev–Trinajstić information content (AvgIpc) is 2.78. The number of anilines is 2. The van der Waals surface area contributed by atoms with E-state index in [1.807, 2.05) is 0 Å². The Hall–Kier alpha value is -3.88. The lowest BCUT2D eigenvalue weighted by Gasteiger charge is -2.08. The number of hydrazone groups is 1. The lowest BCUT2D eigenvalue weighted by atomic mass is 10.2. The van der Waals surface area contributed by atoms with Crippen LogP contribution in [0, 0.1) is 0 Å². The molecule has 0 radical (unpaired) electrons. The van der Waals surface area contributed by atoms with E-state index in [-0.39, 0.29) is 12.5 Å². The number of rotatable bonds is 7. The van der Waals surface area contributed by atoms with Gasteiger partial charge in [0.25, 0.3) is 5.91 Å². The molecule has 168 valence electrons. The molecular formula is C23H18Cl2N4O4. The molecule has 0 saturated carbocycles. The maximum Gasteiger partial charge on any atom is 0.329 e. The zero-order valence-electron chi connectivity index (χ0n) is 17.0. The number of carbonyl (C=O) groups excluding carboxylic acids is 3. The highest BCUT2D eigenvalue weighted by Crippen LogP contribution is 2.16. The minimum Gasteiger partial charge on any atom is -0.484 e. The number of halogens is 2. The van der Waals surface area contributed by atoms with Crippen LogP contribution in [0.2, 0.25) is 10.0 Å². The molecule has 0 heterocycles. The highest BCUT2D eigenvalue weighted by molar-refractivity contribution is 6.39. The van der Waals surface area contributed by atoms with Crippen LogP contribution in [0.15, 0.2) is 77.9 Å². The largest absolute Gasteiger partial charge is 0.484 e. The van der Waals surface area contributed by atoms with Gasteiger partial charge in [-0.2, -0.15) is 5.10 Å². The molecule has 0 aliphatic heterocycles. The van der Waals surface area contributed by atoms with Crippen molar-refractivity contribution >= 4 is 58.5 Å². The summed E-state index contributed by atoms with van der Waals surface area (Å²) in [5.41, 5.74) is 3.67. The summed E-state index contributed by atoms with van der Waals surface area (Å²) in [4.78, 5) is 35.8. The molecule has 3 amide bonds. The van der Waals surface area contributed by atoms with Gasteiger partial charge in [-0.25, -0.2) is 5.43 Å². The fourth-order valence-corrected chi connectivity index (χ4v) is 2.95. The second-order valence-corrected chi connectivity index (χ2v) is 7.46. The average molecular weight is 485 g/mol. The summed E-state index contributed by atoms with van der Waals surface area (Å²) in [6, 6.07) is 19.9. The third kappa shape index (κ3) is 7.95. The van der Waals surface area contributed by atoms with Gasteiger partial charge in [0.2, 0.25) is 0 Å². The molecule has 0 spiro atoms. The topological polar surface area (TPSA) is 109 Å². The number of hydrogen-bond acceptors (Lipinski definition) is 5. The molecule has 0 aliphatic rings. The molecule has 10 heteroatoms. The number of ether oxygens (including phenoxy) is 1. The van der Waals surface area contributed by atoms with Crippen molar-refractivity contribution in [3.8, 4) is 5.75 Å². The van der Waals surface area contributed by atoms with Crippen LogP contribution < -0.4 is 20.8 Å². The summed E-state index contributed by atoms with van der Waals surface area (Å²) in [5, 5.41) is 9.79. The normalized spacial score (nSPS) is 10.5. The first kappa shape index (κ1) is 23.8. The highest BCUT2D eigenvalue weighted by atomic mass is 35.5. The fraction of sp³-hybridized carbons (Fsp3) is 0.0435. The number of amides is 3. The number of carbonyl (C=O) groups is 3. The number of nitrogens with zero attached hydrogens (tertiary/aromatic N) is 1. The van der Waals surface area contributed by atoms with Crippen LogP contribution in [0.25, 0.3) is 0 Å². The summed E-state index contributed by atoms with van der Waals surface area (Å²) < 4.78 is 5.48. The Morgan fingerprint density at radius 2 is 1.45 bits per heavy atom. The van der Waals surface area contributed by atoms with Crippen LogP contribution in [0.4, 0.5) is 11.4 Å². The van der Waals surface area contributed by atoms with E-state index in [2.05, 4.69) is 21.2 Å². The highest BCUT2D eigenvalue weighted by Gasteiger charge is 2.13. The van der Waals surface area contributed by atoms with Crippen molar-refractivity contribution in [2.75, 3.05) is 17.2 Å². The number of benzene rings is 3. The zero-order valence-corrected chi connectivity index (χ0v) is 18.6. The molecule has 3 aromatic rings.